The van der Waals surface area contributed by atoms with Gasteiger partial charge in [0.1, 0.15) is 0 Å². The second-order valence-corrected chi connectivity index (χ2v) is 6.44. The minimum Gasteiger partial charge on any atom is -0.385 e. The van der Waals surface area contributed by atoms with Crippen LogP contribution >= 0.6 is 0 Å². The lowest BCUT2D eigenvalue weighted by atomic mass is 10.0. The van der Waals surface area contributed by atoms with Gasteiger partial charge in [0.15, 0.2) is 5.82 Å². The predicted octanol–water partition coefficient (Wildman–Crippen LogP) is 1.58. The van der Waals surface area contributed by atoms with Crippen molar-refractivity contribution in [3.05, 3.63) is 36.0 Å². The highest BCUT2D eigenvalue weighted by Gasteiger charge is 2.22. The molecule has 2 heterocycles. The molecule has 0 fully saturated rings. The maximum absolute atomic E-state index is 12.5. The molecule has 0 amide bonds. The van der Waals surface area contributed by atoms with Gasteiger partial charge in [-0.2, -0.15) is 5.10 Å². The number of sulfonamides is 1. The topological polar surface area (TPSA) is 76.0 Å². The fourth-order valence-corrected chi connectivity index (χ4v) is 3.68. The van der Waals surface area contributed by atoms with Gasteiger partial charge in [-0.15, -0.1) is 0 Å². The molecule has 7 heteroatoms. The van der Waals surface area contributed by atoms with Crippen molar-refractivity contribution in [3.8, 4) is 0 Å². The van der Waals surface area contributed by atoms with Crippen LogP contribution in [-0.4, -0.2) is 24.7 Å². The van der Waals surface area contributed by atoms with E-state index >= 15 is 0 Å². The Labute approximate surface area is 117 Å². The number of hydrogen-bond acceptors (Lipinski definition) is 4. The molecule has 1 aromatic heterocycles. The first kappa shape index (κ1) is 13.0. The molecule has 3 rings (SSSR count). The number of aromatic nitrogens is 2. The Morgan fingerprint density at radius 1 is 1.35 bits per heavy atom. The quantitative estimate of drug-likeness (QED) is 0.900. The monoisotopic (exact) mass is 292 g/mol. The average Bonchev–Trinajstić information content (AvgIpc) is 2.82. The van der Waals surface area contributed by atoms with Crippen molar-refractivity contribution in [3.63, 3.8) is 0 Å². The SMILES string of the molecule is Cn1ccc(NS(=O)(=O)c2cccc3c2CCCN3)n1. The van der Waals surface area contributed by atoms with E-state index in [9.17, 15) is 8.42 Å². The van der Waals surface area contributed by atoms with Crippen LogP contribution in [0.5, 0.6) is 0 Å². The summed E-state index contributed by atoms with van der Waals surface area (Å²) in [6.45, 7) is 0.879. The molecule has 0 bridgehead atoms. The van der Waals surface area contributed by atoms with E-state index in [0.29, 0.717) is 10.7 Å². The number of fused-ring (bicyclic) bond motifs is 1. The van der Waals surface area contributed by atoms with Gasteiger partial charge >= 0.3 is 0 Å². The Morgan fingerprint density at radius 2 is 2.20 bits per heavy atom. The molecule has 6 nitrogen and oxygen atoms in total. The first-order valence-corrected chi connectivity index (χ1v) is 7.93. The molecule has 0 atom stereocenters. The van der Waals surface area contributed by atoms with Gasteiger partial charge in [-0.25, -0.2) is 8.42 Å². The highest BCUT2D eigenvalue weighted by molar-refractivity contribution is 7.92. The molecule has 20 heavy (non-hydrogen) atoms. The Balaban J connectivity index is 1.99. The Kier molecular flexibility index (Phi) is 3.13. The molecular formula is C13H16N4O2S. The maximum atomic E-state index is 12.5. The van der Waals surface area contributed by atoms with Crippen LogP contribution in [0, 0.1) is 0 Å². The van der Waals surface area contributed by atoms with Gasteiger partial charge < -0.3 is 5.32 Å². The molecule has 1 aromatic carbocycles. The third-order valence-corrected chi connectivity index (χ3v) is 4.73. The number of benzene rings is 1. The summed E-state index contributed by atoms with van der Waals surface area (Å²) in [6, 6.07) is 6.93. The predicted molar refractivity (Wildman–Crippen MR) is 77.3 cm³/mol. The van der Waals surface area contributed by atoms with E-state index < -0.39 is 10.0 Å². The highest BCUT2D eigenvalue weighted by Crippen LogP contribution is 2.29. The minimum absolute atomic E-state index is 0.327. The molecule has 2 aromatic rings. The summed E-state index contributed by atoms with van der Waals surface area (Å²) >= 11 is 0. The third-order valence-electron chi connectivity index (χ3n) is 3.29. The van der Waals surface area contributed by atoms with Gasteiger partial charge in [0.2, 0.25) is 0 Å². The van der Waals surface area contributed by atoms with Crippen LogP contribution in [0.2, 0.25) is 0 Å². The van der Waals surface area contributed by atoms with Crippen molar-refractivity contribution in [2.45, 2.75) is 17.7 Å². The van der Waals surface area contributed by atoms with Crippen molar-refractivity contribution in [2.75, 3.05) is 16.6 Å². The lowest BCUT2D eigenvalue weighted by Gasteiger charge is -2.20. The van der Waals surface area contributed by atoms with Gasteiger partial charge in [-0.3, -0.25) is 9.40 Å². The average molecular weight is 292 g/mol. The second kappa shape index (κ2) is 4.82. The minimum atomic E-state index is -3.61. The van der Waals surface area contributed by atoms with Crippen molar-refractivity contribution in [1.82, 2.24) is 9.78 Å². The molecule has 1 aliphatic rings. The molecule has 106 valence electrons. The summed E-state index contributed by atoms with van der Waals surface area (Å²) in [5.74, 6) is 0.328. The first-order valence-electron chi connectivity index (χ1n) is 6.44. The van der Waals surface area contributed by atoms with Crippen LogP contribution in [-0.2, 0) is 23.5 Å². The fourth-order valence-electron chi connectivity index (χ4n) is 2.39. The number of nitrogens with one attached hydrogen (secondary N) is 2. The summed E-state index contributed by atoms with van der Waals surface area (Å²) in [6.07, 6.45) is 3.39. The maximum Gasteiger partial charge on any atom is 0.263 e. The fraction of sp³-hybridized carbons (Fsp3) is 0.308. The molecule has 2 N–H and O–H groups in total. The van der Waals surface area contributed by atoms with Crippen LogP contribution in [0.25, 0.3) is 0 Å². The molecule has 0 unspecified atom stereocenters. The van der Waals surface area contributed by atoms with E-state index in [1.165, 1.54) is 0 Å². The van der Waals surface area contributed by atoms with Gasteiger partial charge in [-0.1, -0.05) is 6.07 Å². The molecule has 0 saturated heterocycles. The summed E-state index contributed by atoms with van der Waals surface area (Å²) < 4.78 is 29.1. The number of aryl methyl sites for hydroxylation is 1. The van der Waals surface area contributed by atoms with Crippen molar-refractivity contribution < 1.29 is 8.42 Å². The van der Waals surface area contributed by atoms with Crippen LogP contribution in [0.15, 0.2) is 35.4 Å². The Hall–Kier alpha value is -2.02. The third kappa shape index (κ3) is 2.36. The summed E-state index contributed by atoms with van der Waals surface area (Å²) in [5.41, 5.74) is 1.75. The standard InChI is InChI=1S/C13H16N4O2S/c1-17-9-7-13(15-17)16-20(18,19)12-6-2-5-11-10(12)4-3-8-14-11/h2,5-7,9,14H,3-4,8H2,1H3,(H,15,16). The number of hydrogen-bond donors (Lipinski definition) is 2. The van der Waals surface area contributed by atoms with E-state index in [2.05, 4.69) is 15.1 Å². The van der Waals surface area contributed by atoms with E-state index in [1.54, 1.807) is 36.1 Å². The summed E-state index contributed by atoms with van der Waals surface area (Å²) in [4.78, 5) is 0.327. The smallest absolute Gasteiger partial charge is 0.263 e. The zero-order chi connectivity index (χ0) is 14.2. The van der Waals surface area contributed by atoms with Gasteiger partial charge in [-0.05, 0) is 30.5 Å². The molecule has 1 aliphatic heterocycles. The molecule has 0 saturated carbocycles. The van der Waals surface area contributed by atoms with Crippen LogP contribution in [0.3, 0.4) is 0 Å². The van der Waals surface area contributed by atoms with E-state index in [-0.39, 0.29) is 0 Å². The van der Waals surface area contributed by atoms with Gasteiger partial charge in [0, 0.05) is 31.5 Å². The highest BCUT2D eigenvalue weighted by atomic mass is 32.2. The number of nitrogens with zero attached hydrogens (tertiary/aromatic N) is 2. The lowest BCUT2D eigenvalue weighted by molar-refractivity contribution is 0.599. The molecular weight excluding hydrogens is 276 g/mol. The van der Waals surface area contributed by atoms with Crippen LogP contribution < -0.4 is 10.0 Å². The van der Waals surface area contributed by atoms with Crippen LogP contribution in [0.1, 0.15) is 12.0 Å². The van der Waals surface area contributed by atoms with E-state index in [4.69, 9.17) is 0 Å². The van der Waals surface area contributed by atoms with E-state index in [0.717, 1.165) is 30.6 Å². The normalized spacial score (nSPS) is 14.4. The largest absolute Gasteiger partial charge is 0.385 e. The number of anilines is 2. The number of rotatable bonds is 3. The van der Waals surface area contributed by atoms with Crippen molar-refractivity contribution in [1.29, 1.82) is 0 Å². The van der Waals surface area contributed by atoms with Gasteiger partial charge in [0.25, 0.3) is 10.0 Å². The molecule has 0 aliphatic carbocycles. The zero-order valence-electron chi connectivity index (χ0n) is 11.1. The van der Waals surface area contributed by atoms with E-state index in [1.807, 2.05) is 6.07 Å². The summed E-state index contributed by atoms with van der Waals surface area (Å²) in [5, 5.41) is 7.28. The van der Waals surface area contributed by atoms with Crippen LogP contribution in [0.4, 0.5) is 11.5 Å². The molecule has 0 spiro atoms. The van der Waals surface area contributed by atoms with Crippen molar-refractivity contribution >= 4 is 21.5 Å². The first-order chi connectivity index (χ1) is 9.56. The summed E-state index contributed by atoms with van der Waals surface area (Å²) in [7, 11) is -1.87. The molecule has 0 radical (unpaired) electrons. The van der Waals surface area contributed by atoms with Gasteiger partial charge in [0.05, 0.1) is 4.90 Å². The Bertz CT molecular complexity index is 737. The second-order valence-electron chi connectivity index (χ2n) is 4.79. The lowest BCUT2D eigenvalue weighted by Crippen LogP contribution is -2.19. The van der Waals surface area contributed by atoms with Crippen molar-refractivity contribution in [2.24, 2.45) is 7.05 Å². The zero-order valence-corrected chi connectivity index (χ0v) is 11.9. The Morgan fingerprint density at radius 3 is 2.95 bits per heavy atom.